The van der Waals surface area contributed by atoms with Gasteiger partial charge in [0, 0.05) is 24.3 Å². The number of nitrogens with zero attached hydrogens (tertiary/aromatic N) is 1. The number of benzene rings is 3. The van der Waals surface area contributed by atoms with Gasteiger partial charge >= 0.3 is 0 Å². The fourth-order valence-corrected chi connectivity index (χ4v) is 4.01. The second kappa shape index (κ2) is 10.7. The lowest BCUT2D eigenvalue weighted by Crippen LogP contribution is -2.23. The van der Waals surface area contributed by atoms with Gasteiger partial charge in [0.05, 0.1) is 20.8 Å². The molecule has 0 spiro atoms. The first-order valence-electron chi connectivity index (χ1n) is 11.2. The van der Waals surface area contributed by atoms with Gasteiger partial charge in [-0.25, -0.2) is 0 Å². The summed E-state index contributed by atoms with van der Waals surface area (Å²) >= 11 is 0. The smallest absolute Gasteiger partial charge is 0.185 e. The van der Waals surface area contributed by atoms with Gasteiger partial charge < -0.3 is 19.1 Å². The Balaban J connectivity index is 1.31. The Hall–Kier alpha value is -3.73. The molecule has 1 aliphatic rings. The Morgan fingerprint density at radius 2 is 1.79 bits per heavy atom. The predicted octanol–water partition coefficient (Wildman–Crippen LogP) is 5.43. The molecule has 5 nitrogen and oxygen atoms in total. The van der Waals surface area contributed by atoms with Gasteiger partial charge in [0.2, 0.25) is 0 Å². The summed E-state index contributed by atoms with van der Waals surface area (Å²) in [6, 6.07) is 21.3. The standard InChI is InChI=1S/C28H29NO4/c1-31-24-12-10-23(11-13-24)26(30)14-8-21-9-15-27(28(20-21)32-2)33-19-5-17-29-18-16-22-6-3-4-7-25(22)29/h3-4,6-15,20H,5,16-19H2,1-2H3/b14-8+. The van der Waals surface area contributed by atoms with Gasteiger partial charge in [0.1, 0.15) is 5.75 Å². The number of rotatable bonds is 10. The minimum Gasteiger partial charge on any atom is -0.497 e. The van der Waals surface area contributed by atoms with Crippen LogP contribution in [-0.4, -0.2) is 39.7 Å². The van der Waals surface area contributed by atoms with Crippen LogP contribution < -0.4 is 19.1 Å². The summed E-state index contributed by atoms with van der Waals surface area (Å²) < 4.78 is 16.6. The second-order valence-corrected chi connectivity index (χ2v) is 7.90. The van der Waals surface area contributed by atoms with Crippen LogP contribution in [-0.2, 0) is 6.42 Å². The minimum absolute atomic E-state index is 0.0690. The Morgan fingerprint density at radius 1 is 0.970 bits per heavy atom. The SMILES string of the molecule is COc1ccc(C(=O)/C=C/c2ccc(OCCCN3CCc4ccccc43)c(OC)c2)cc1. The Labute approximate surface area is 195 Å². The van der Waals surface area contributed by atoms with Gasteiger partial charge in [-0.3, -0.25) is 4.79 Å². The summed E-state index contributed by atoms with van der Waals surface area (Å²) in [7, 11) is 3.23. The van der Waals surface area contributed by atoms with Crippen LogP contribution in [0, 0.1) is 0 Å². The third-order valence-electron chi connectivity index (χ3n) is 5.80. The molecule has 1 heterocycles. The number of anilines is 1. The number of ether oxygens (including phenoxy) is 3. The molecule has 0 aromatic heterocycles. The molecule has 0 N–H and O–H groups in total. The van der Waals surface area contributed by atoms with Crippen LogP contribution in [0.25, 0.3) is 6.08 Å². The molecule has 0 aliphatic carbocycles. The minimum atomic E-state index is -0.0690. The van der Waals surface area contributed by atoms with E-state index >= 15 is 0 Å². The van der Waals surface area contributed by atoms with Crippen molar-refractivity contribution in [3.05, 3.63) is 89.5 Å². The molecule has 0 atom stereocenters. The van der Waals surface area contributed by atoms with Crippen LogP contribution in [0.15, 0.2) is 72.8 Å². The Kier molecular flexibility index (Phi) is 7.30. The molecule has 0 bridgehead atoms. The van der Waals surface area contributed by atoms with Crippen molar-refractivity contribution in [3.8, 4) is 17.2 Å². The van der Waals surface area contributed by atoms with E-state index in [9.17, 15) is 4.79 Å². The van der Waals surface area contributed by atoms with Crippen molar-refractivity contribution < 1.29 is 19.0 Å². The summed E-state index contributed by atoms with van der Waals surface area (Å²) in [6.07, 6.45) is 5.38. The van der Waals surface area contributed by atoms with E-state index in [1.807, 2.05) is 18.2 Å². The highest BCUT2D eigenvalue weighted by atomic mass is 16.5. The van der Waals surface area contributed by atoms with Crippen LogP contribution in [0.2, 0.25) is 0 Å². The fraction of sp³-hybridized carbons (Fsp3) is 0.250. The zero-order chi connectivity index (χ0) is 23.0. The highest BCUT2D eigenvalue weighted by molar-refractivity contribution is 6.06. The largest absolute Gasteiger partial charge is 0.497 e. The predicted molar refractivity (Wildman–Crippen MR) is 132 cm³/mol. The van der Waals surface area contributed by atoms with Crippen molar-refractivity contribution in [1.82, 2.24) is 0 Å². The first-order valence-corrected chi connectivity index (χ1v) is 11.2. The van der Waals surface area contributed by atoms with Crippen LogP contribution in [0.1, 0.15) is 27.9 Å². The van der Waals surface area contributed by atoms with E-state index in [1.54, 1.807) is 50.6 Å². The molecular formula is C28H29NO4. The third-order valence-corrected chi connectivity index (χ3v) is 5.80. The molecule has 0 saturated carbocycles. The summed E-state index contributed by atoms with van der Waals surface area (Å²) in [5, 5.41) is 0. The molecule has 3 aromatic carbocycles. The fourth-order valence-electron chi connectivity index (χ4n) is 4.01. The number of methoxy groups -OCH3 is 2. The lowest BCUT2D eigenvalue weighted by molar-refractivity contribution is 0.104. The maximum absolute atomic E-state index is 12.4. The van der Waals surface area contributed by atoms with Crippen molar-refractivity contribution in [2.45, 2.75) is 12.8 Å². The van der Waals surface area contributed by atoms with Crippen molar-refractivity contribution in [2.24, 2.45) is 0 Å². The number of carbonyl (C=O) groups is 1. The number of para-hydroxylation sites is 1. The van der Waals surface area contributed by atoms with Gasteiger partial charge in [-0.2, -0.15) is 0 Å². The van der Waals surface area contributed by atoms with Crippen molar-refractivity contribution in [2.75, 3.05) is 38.8 Å². The average Bonchev–Trinajstić information content (AvgIpc) is 3.28. The van der Waals surface area contributed by atoms with Crippen LogP contribution in [0.5, 0.6) is 17.2 Å². The van der Waals surface area contributed by atoms with Crippen LogP contribution in [0.3, 0.4) is 0 Å². The molecule has 1 aliphatic heterocycles. The van der Waals surface area contributed by atoms with E-state index in [0.29, 0.717) is 23.7 Å². The molecule has 0 radical (unpaired) electrons. The quantitative estimate of drug-likeness (QED) is 0.238. The lowest BCUT2D eigenvalue weighted by Gasteiger charge is -2.19. The van der Waals surface area contributed by atoms with Gasteiger partial charge in [-0.15, -0.1) is 0 Å². The molecular weight excluding hydrogens is 414 g/mol. The zero-order valence-electron chi connectivity index (χ0n) is 19.1. The highest BCUT2D eigenvalue weighted by Crippen LogP contribution is 2.30. The van der Waals surface area contributed by atoms with Gasteiger partial charge in [-0.05, 0) is 72.5 Å². The van der Waals surface area contributed by atoms with E-state index in [-0.39, 0.29) is 5.78 Å². The lowest BCUT2D eigenvalue weighted by atomic mass is 10.1. The molecule has 0 fully saturated rings. The van der Waals surface area contributed by atoms with Gasteiger partial charge in [0.15, 0.2) is 17.3 Å². The maximum atomic E-state index is 12.4. The van der Waals surface area contributed by atoms with Gasteiger partial charge in [-0.1, -0.05) is 30.3 Å². The molecule has 170 valence electrons. The Morgan fingerprint density at radius 3 is 2.58 bits per heavy atom. The normalized spacial score (nSPS) is 12.6. The van der Waals surface area contributed by atoms with Crippen LogP contribution in [0.4, 0.5) is 5.69 Å². The molecule has 3 aromatic rings. The first-order chi connectivity index (χ1) is 16.2. The summed E-state index contributed by atoms with van der Waals surface area (Å²) in [5.74, 6) is 2.01. The summed E-state index contributed by atoms with van der Waals surface area (Å²) in [6.45, 7) is 2.65. The second-order valence-electron chi connectivity index (χ2n) is 7.90. The number of hydrogen-bond acceptors (Lipinski definition) is 5. The van der Waals surface area contributed by atoms with E-state index in [2.05, 4.69) is 29.2 Å². The Bertz CT molecular complexity index is 1120. The monoisotopic (exact) mass is 443 g/mol. The number of allylic oxidation sites excluding steroid dienone is 1. The topological polar surface area (TPSA) is 48.0 Å². The number of ketones is 1. The molecule has 0 unspecified atom stereocenters. The number of fused-ring (bicyclic) bond motifs is 1. The molecule has 4 rings (SSSR count). The highest BCUT2D eigenvalue weighted by Gasteiger charge is 2.17. The third kappa shape index (κ3) is 5.55. The van der Waals surface area contributed by atoms with E-state index in [0.717, 1.165) is 37.2 Å². The van der Waals surface area contributed by atoms with Crippen molar-refractivity contribution >= 4 is 17.5 Å². The molecule has 0 saturated heterocycles. The van der Waals surface area contributed by atoms with Crippen LogP contribution >= 0.6 is 0 Å². The first kappa shape index (κ1) is 22.5. The molecule has 33 heavy (non-hydrogen) atoms. The van der Waals surface area contributed by atoms with E-state index in [4.69, 9.17) is 14.2 Å². The summed E-state index contributed by atoms with van der Waals surface area (Å²) in [4.78, 5) is 14.8. The van der Waals surface area contributed by atoms with E-state index in [1.165, 1.54) is 11.3 Å². The number of carbonyl (C=O) groups excluding carboxylic acids is 1. The van der Waals surface area contributed by atoms with E-state index < -0.39 is 0 Å². The molecule has 0 amide bonds. The maximum Gasteiger partial charge on any atom is 0.185 e. The zero-order valence-corrected chi connectivity index (χ0v) is 19.1. The average molecular weight is 444 g/mol. The molecule has 5 heteroatoms. The van der Waals surface area contributed by atoms with Crippen molar-refractivity contribution in [1.29, 1.82) is 0 Å². The van der Waals surface area contributed by atoms with Crippen molar-refractivity contribution in [3.63, 3.8) is 0 Å². The number of hydrogen-bond donors (Lipinski definition) is 0. The summed E-state index contributed by atoms with van der Waals surface area (Å²) in [5.41, 5.74) is 4.25. The van der Waals surface area contributed by atoms with Gasteiger partial charge in [0.25, 0.3) is 0 Å².